The molecule has 0 spiro atoms. The quantitative estimate of drug-likeness (QED) is 0.547. The van der Waals surface area contributed by atoms with Crippen molar-refractivity contribution >= 4 is 32.1 Å². The highest BCUT2D eigenvalue weighted by atomic mass is 32.2. The summed E-state index contributed by atoms with van der Waals surface area (Å²) in [6.45, 7) is 0. The molecule has 1 N–H and O–H groups in total. The lowest BCUT2D eigenvalue weighted by molar-refractivity contribution is -0.164. The summed E-state index contributed by atoms with van der Waals surface area (Å²) in [6, 6.07) is 7.83. The van der Waals surface area contributed by atoms with Gasteiger partial charge in [0.1, 0.15) is 0 Å². The smallest absolute Gasteiger partial charge is 0.285 e. The number of carbonyl (C=O) groups excluding carboxylic acids is 2. The van der Waals surface area contributed by atoms with E-state index < -0.39 is 49.6 Å². The number of imide groups is 1. The van der Waals surface area contributed by atoms with Crippen molar-refractivity contribution in [2.24, 2.45) is 0 Å². The minimum atomic E-state index is -5.02. The first-order valence-corrected chi connectivity index (χ1v) is 9.50. The van der Waals surface area contributed by atoms with Crippen LogP contribution < -0.4 is 0 Å². The molecule has 1 atom stereocenters. The summed E-state index contributed by atoms with van der Waals surface area (Å²) in [4.78, 5) is 24.2. The highest BCUT2D eigenvalue weighted by molar-refractivity contribution is 7.88. The summed E-state index contributed by atoms with van der Waals surface area (Å²) in [7, 11) is -9.25. The van der Waals surface area contributed by atoms with E-state index in [4.69, 9.17) is 0 Å². The molecule has 1 aliphatic heterocycles. The number of carbonyl (C=O) groups is 2. The second kappa shape index (κ2) is 5.67. The maximum Gasteiger partial charge on any atom is 0.285 e. The molecular formula is C12H13NO8S2. The van der Waals surface area contributed by atoms with Crippen molar-refractivity contribution in [1.29, 1.82) is 0 Å². The molecule has 2 amide bonds. The van der Waals surface area contributed by atoms with E-state index in [0.717, 1.165) is 0 Å². The van der Waals surface area contributed by atoms with Gasteiger partial charge in [-0.05, 0) is 5.56 Å². The molecule has 9 nitrogen and oxygen atoms in total. The third-order valence-electron chi connectivity index (χ3n) is 3.27. The highest BCUT2D eigenvalue weighted by Gasteiger charge is 2.61. The molecule has 0 saturated carbocycles. The Hall–Kier alpha value is -1.82. The normalized spacial score (nSPS) is 22.6. The molecule has 11 heteroatoms. The lowest BCUT2D eigenvalue weighted by Crippen LogP contribution is -2.48. The Morgan fingerprint density at radius 2 is 1.74 bits per heavy atom. The largest absolute Gasteiger partial charge is 0.285 e. The van der Waals surface area contributed by atoms with Crippen molar-refractivity contribution in [2.75, 3.05) is 6.26 Å². The third kappa shape index (κ3) is 3.42. The zero-order valence-electron chi connectivity index (χ0n) is 11.9. The van der Waals surface area contributed by atoms with Crippen LogP contribution in [0.2, 0.25) is 0 Å². The maximum absolute atomic E-state index is 12.3. The molecule has 1 saturated heterocycles. The standard InChI is InChI=1S/C12H13NO8S2/c1-22(16,17)21-13-10(14)8-12(11(13)15,23(18,19)20)7-9-5-3-2-4-6-9/h2-6H,7-8H2,1H3,(H,18,19,20). The molecule has 0 radical (unpaired) electrons. The Bertz CT molecular complexity index is 846. The van der Waals surface area contributed by atoms with Crippen molar-refractivity contribution in [1.82, 2.24) is 5.06 Å². The second-order valence-corrected chi connectivity index (χ2v) is 8.37. The number of benzene rings is 1. The number of hydrogen-bond acceptors (Lipinski definition) is 7. The second-order valence-electron chi connectivity index (χ2n) is 5.08. The summed E-state index contributed by atoms with van der Waals surface area (Å²) in [5.74, 6) is -2.62. The Labute approximate surface area is 132 Å². The molecule has 1 aromatic carbocycles. The number of hydrogen-bond donors (Lipinski definition) is 1. The summed E-state index contributed by atoms with van der Waals surface area (Å²) in [6.07, 6.45) is -0.825. The first-order valence-electron chi connectivity index (χ1n) is 6.24. The average Bonchev–Trinajstić information content (AvgIpc) is 2.63. The van der Waals surface area contributed by atoms with E-state index in [1.807, 2.05) is 0 Å². The molecule has 1 aliphatic rings. The minimum absolute atomic E-state index is 0.133. The van der Waals surface area contributed by atoms with Crippen LogP contribution in [0.1, 0.15) is 12.0 Å². The van der Waals surface area contributed by atoms with Crippen LogP contribution in [0.3, 0.4) is 0 Å². The van der Waals surface area contributed by atoms with E-state index >= 15 is 0 Å². The van der Waals surface area contributed by atoms with Crippen molar-refractivity contribution < 1.29 is 35.3 Å². The number of nitrogens with zero attached hydrogens (tertiary/aromatic N) is 1. The van der Waals surface area contributed by atoms with Crippen LogP contribution in [0.15, 0.2) is 30.3 Å². The summed E-state index contributed by atoms with van der Waals surface area (Å²) >= 11 is 0. The zero-order chi connectivity index (χ0) is 17.5. The molecule has 1 heterocycles. The van der Waals surface area contributed by atoms with E-state index in [2.05, 4.69) is 4.28 Å². The van der Waals surface area contributed by atoms with Crippen molar-refractivity contribution in [3.8, 4) is 0 Å². The SMILES string of the molecule is CS(=O)(=O)ON1C(=O)CC(Cc2ccccc2)(S(=O)(=O)O)C1=O. The van der Waals surface area contributed by atoms with Gasteiger partial charge in [0.2, 0.25) is 0 Å². The fourth-order valence-corrected chi connectivity index (χ4v) is 3.64. The van der Waals surface area contributed by atoms with Gasteiger partial charge in [0, 0.05) is 6.42 Å². The monoisotopic (exact) mass is 363 g/mol. The van der Waals surface area contributed by atoms with E-state index in [1.54, 1.807) is 18.2 Å². The first-order chi connectivity index (χ1) is 10.5. The topological polar surface area (TPSA) is 135 Å². The van der Waals surface area contributed by atoms with Crippen LogP contribution in [0.25, 0.3) is 0 Å². The van der Waals surface area contributed by atoms with Gasteiger partial charge in [0.05, 0.1) is 12.7 Å². The van der Waals surface area contributed by atoms with Crippen LogP contribution in [0.5, 0.6) is 0 Å². The molecule has 1 unspecified atom stereocenters. The van der Waals surface area contributed by atoms with Gasteiger partial charge in [-0.3, -0.25) is 14.1 Å². The Kier molecular flexibility index (Phi) is 4.32. The van der Waals surface area contributed by atoms with E-state index in [1.165, 1.54) is 12.1 Å². The van der Waals surface area contributed by atoms with Crippen LogP contribution in [0, 0.1) is 0 Å². The van der Waals surface area contributed by atoms with Gasteiger partial charge in [-0.2, -0.15) is 16.8 Å². The fourth-order valence-electron chi connectivity index (χ4n) is 2.26. The highest BCUT2D eigenvalue weighted by Crippen LogP contribution is 2.35. The Morgan fingerprint density at radius 1 is 1.17 bits per heavy atom. The molecule has 1 aromatic rings. The van der Waals surface area contributed by atoms with E-state index in [0.29, 0.717) is 11.8 Å². The lowest BCUT2D eigenvalue weighted by atomic mass is 9.97. The molecule has 0 aromatic heterocycles. The van der Waals surface area contributed by atoms with Crippen LogP contribution in [-0.2, 0) is 40.5 Å². The van der Waals surface area contributed by atoms with Crippen molar-refractivity contribution in [2.45, 2.75) is 17.6 Å². The number of rotatable bonds is 5. The minimum Gasteiger partial charge on any atom is -0.285 e. The predicted octanol–water partition coefficient (Wildman–Crippen LogP) is -0.494. The molecule has 126 valence electrons. The van der Waals surface area contributed by atoms with Crippen molar-refractivity contribution in [3.63, 3.8) is 0 Å². The Balaban J connectivity index is 2.49. The predicted molar refractivity (Wildman–Crippen MR) is 76.8 cm³/mol. The van der Waals surface area contributed by atoms with E-state index in [9.17, 15) is 31.0 Å². The molecule has 23 heavy (non-hydrogen) atoms. The molecule has 1 fully saturated rings. The van der Waals surface area contributed by atoms with Crippen LogP contribution in [-0.4, -0.2) is 49.3 Å². The fraction of sp³-hybridized carbons (Fsp3) is 0.333. The number of amides is 2. The lowest BCUT2D eigenvalue weighted by Gasteiger charge is -2.22. The maximum atomic E-state index is 12.3. The summed E-state index contributed by atoms with van der Waals surface area (Å²) in [5.41, 5.74) is 0.368. The van der Waals surface area contributed by atoms with Crippen LogP contribution >= 0.6 is 0 Å². The van der Waals surface area contributed by atoms with E-state index in [-0.39, 0.29) is 5.06 Å². The zero-order valence-corrected chi connectivity index (χ0v) is 13.5. The third-order valence-corrected chi connectivity index (χ3v) is 5.14. The van der Waals surface area contributed by atoms with Gasteiger partial charge in [-0.1, -0.05) is 30.3 Å². The summed E-state index contributed by atoms with van der Waals surface area (Å²) in [5, 5.41) is -0.133. The molecule has 0 aliphatic carbocycles. The summed E-state index contributed by atoms with van der Waals surface area (Å²) < 4.78 is 57.0. The number of hydroxylamine groups is 2. The first kappa shape index (κ1) is 17.5. The molecule has 0 bridgehead atoms. The van der Waals surface area contributed by atoms with Crippen LogP contribution in [0.4, 0.5) is 0 Å². The average molecular weight is 363 g/mol. The van der Waals surface area contributed by atoms with Gasteiger partial charge in [0.25, 0.3) is 32.1 Å². The van der Waals surface area contributed by atoms with Gasteiger partial charge in [-0.15, -0.1) is 9.35 Å². The van der Waals surface area contributed by atoms with Gasteiger partial charge < -0.3 is 0 Å². The van der Waals surface area contributed by atoms with Gasteiger partial charge in [0.15, 0.2) is 4.75 Å². The van der Waals surface area contributed by atoms with Gasteiger partial charge >= 0.3 is 0 Å². The molecule has 2 rings (SSSR count). The molecular weight excluding hydrogens is 350 g/mol. The van der Waals surface area contributed by atoms with Crippen molar-refractivity contribution in [3.05, 3.63) is 35.9 Å². The van der Waals surface area contributed by atoms with Gasteiger partial charge in [-0.25, -0.2) is 0 Å². The Morgan fingerprint density at radius 3 is 2.22 bits per heavy atom.